The first-order valence-electron chi connectivity index (χ1n) is 9.13. The van der Waals surface area contributed by atoms with Crippen LogP contribution in [0.2, 0.25) is 0 Å². The van der Waals surface area contributed by atoms with Gasteiger partial charge in [0.15, 0.2) is 0 Å². The normalized spacial score (nSPS) is 11.6. The zero-order valence-electron chi connectivity index (χ0n) is 15.8. The summed E-state index contributed by atoms with van der Waals surface area (Å²) in [6, 6.07) is 25.4. The van der Waals surface area contributed by atoms with Gasteiger partial charge in [-0.05, 0) is 42.0 Å². The van der Waals surface area contributed by atoms with Crippen molar-refractivity contribution >= 4 is 5.91 Å². The maximum atomic E-state index is 12.8. The van der Waals surface area contributed by atoms with Gasteiger partial charge in [0, 0.05) is 11.1 Å². The lowest BCUT2D eigenvalue weighted by Gasteiger charge is -2.16. The number of benzene rings is 3. The number of rotatable bonds is 6. The molecule has 0 aliphatic heterocycles. The lowest BCUT2D eigenvalue weighted by Crippen LogP contribution is -2.29. The van der Waals surface area contributed by atoms with Crippen LogP contribution in [0, 0.1) is 0 Å². The van der Waals surface area contributed by atoms with Crippen LogP contribution < -0.4 is 10.1 Å². The van der Waals surface area contributed by atoms with Gasteiger partial charge >= 0.3 is 0 Å². The van der Waals surface area contributed by atoms with E-state index in [1.807, 2.05) is 60.7 Å². The van der Waals surface area contributed by atoms with Crippen LogP contribution in [0.5, 0.6) is 5.75 Å². The molecular formula is C23H19N3O3. The van der Waals surface area contributed by atoms with Crippen LogP contribution in [0.3, 0.4) is 0 Å². The van der Waals surface area contributed by atoms with E-state index in [9.17, 15) is 4.79 Å². The van der Waals surface area contributed by atoms with Gasteiger partial charge in [-0.25, -0.2) is 0 Å². The zero-order chi connectivity index (χ0) is 20.1. The Morgan fingerprint density at radius 3 is 2.21 bits per heavy atom. The number of nitrogens with one attached hydrogen (secondary N) is 1. The van der Waals surface area contributed by atoms with Crippen molar-refractivity contribution in [3.05, 3.63) is 102 Å². The molecular weight excluding hydrogens is 366 g/mol. The molecule has 1 atom stereocenters. The van der Waals surface area contributed by atoms with Crippen molar-refractivity contribution in [1.82, 2.24) is 15.5 Å². The average Bonchev–Trinajstić information content (AvgIpc) is 3.28. The Kier molecular flexibility index (Phi) is 5.33. The van der Waals surface area contributed by atoms with Crippen molar-refractivity contribution in [2.24, 2.45) is 0 Å². The smallest absolute Gasteiger partial charge is 0.252 e. The Morgan fingerprint density at radius 1 is 0.897 bits per heavy atom. The standard InChI is InChI=1S/C23H19N3O3/c1-28-19-14-12-17(13-15-19)21(27)24-20(16-8-4-2-5-9-16)23-26-25-22(29-23)18-10-6-3-7-11-18/h2-15,20H,1H3,(H,24,27)/t20-/m0/s1. The summed E-state index contributed by atoms with van der Waals surface area (Å²) in [6.07, 6.45) is 0. The van der Waals surface area contributed by atoms with Crippen molar-refractivity contribution in [2.75, 3.05) is 7.11 Å². The lowest BCUT2D eigenvalue weighted by atomic mass is 10.1. The molecule has 0 radical (unpaired) electrons. The summed E-state index contributed by atoms with van der Waals surface area (Å²) in [5, 5.41) is 11.3. The number of aromatic nitrogens is 2. The van der Waals surface area contributed by atoms with Crippen molar-refractivity contribution in [3.63, 3.8) is 0 Å². The van der Waals surface area contributed by atoms with Gasteiger partial charge in [-0.15, -0.1) is 10.2 Å². The first-order valence-corrected chi connectivity index (χ1v) is 9.13. The molecule has 4 rings (SSSR count). The monoisotopic (exact) mass is 385 g/mol. The highest BCUT2D eigenvalue weighted by atomic mass is 16.5. The Bertz CT molecular complexity index is 1080. The molecule has 1 aromatic heterocycles. The summed E-state index contributed by atoms with van der Waals surface area (Å²) < 4.78 is 11.1. The number of carbonyl (C=O) groups is 1. The number of hydrogen-bond acceptors (Lipinski definition) is 5. The quantitative estimate of drug-likeness (QED) is 0.536. The van der Waals surface area contributed by atoms with E-state index in [-0.39, 0.29) is 5.91 Å². The molecule has 6 heteroatoms. The van der Waals surface area contributed by atoms with Crippen LogP contribution >= 0.6 is 0 Å². The third kappa shape index (κ3) is 4.16. The number of methoxy groups -OCH3 is 1. The SMILES string of the molecule is COc1ccc(C(=O)N[C@@H](c2ccccc2)c2nnc(-c3ccccc3)o2)cc1. The first kappa shape index (κ1) is 18.4. The van der Waals surface area contributed by atoms with E-state index in [0.717, 1.165) is 11.1 Å². The van der Waals surface area contributed by atoms with E-state index in [1.54, 1.807) is 31.4 Å². The minimum Gasteiger partial charge on any atom is -0.497 e. The fourth-order valence-corrected chi connectivity index (χ4v) is 2.94. The highest BCUT2D eigenvalue weighted by Crippen LogP contribution is 2.25. The van der Waals surface area contributed by atoms with Gasteiger partial charge in [0.25, 0.3) is 5.91 Å². The van der Waals surface area contributed by atoms with E-state index in [0.29, 0.717) is 23.1 Å². The second-order valence-corrected chi connectivity index (χ2v) is 6.36. The van der Waals surface area contributed by atoms with E-state index in [2.05, 4.69) is 15.5 Å². The summed E-state index contributed by atoms with van der Waals surface area (Å²) >= 11 is 0. The summed E-state index contributed by atoms with van der Waals surface area (Å²) in [6.45, 7) is 0. The molecule has 0 aliphatic rings. The zero-order valence-corrected chi connectivity index (χ0v) is 15.8. The molecule has 1 amide bonds. The number of hydrogen-bond donors (Lipinski definition) is 1. The Morgan fingerprint density at radius 2 is 1.55 bits per heavy atom. The second-order valence-electron chi connectivity index (χ2n) is 6.36. The molecule has 6 nitrogen and oxygen atoms in total. The van der Waals surface area contributed by atoms with Crippen LogP contribution in [0.25, 0.3) is 11.5 Å². The predicted molar refractivity (Wildman–Crippen MR) is 108 cm³/mol. The largest absolute Gasteiger partial charge is 0.497 e. The van der Waals surface area contributed by atoms with E-state index >= 15 is 0 Å². The molecule has 0 fully saturated rings. The number of carbonyl (C=O) groups excluding carboxylic acids is 1. The summed E-state index contributed by atoms with van der Waals surface area (Å²) in [5.74, 6) is 1.16. The summed E-state index contributed by atoms with van der Waals surface area (Å²) in [5.41, 5.74) is 2.17. The maximum Gasteiger partial charge on any atom is 0.252 e. The Hall–Kier alpha value is -3.93. The molecule has 144 valence electrons. The summed E-state index contributed by atoms with van der Waals surface area (Å²) in [4.78, 5) is 12.8. The van der Waals surface area contributed by atoms with Crippen LogP contribution in [0.4, 0.5) is 0 Å². The van der Waals surface area contributed by atoms with Gasteiger partial charge in [0.1, 0.15) is 11.8 Å². The molecule has 0 saturated heterocycles. The average molecular weight is 385 g/mol. The van der Waals surface area contributed by atoms with Crippen LogP contribution in [0.1, 0.15) is 27.9 Å². The molecule has 0 spiro atoms. The van der Waals surface area contributed by atoms with E-state index in [4.69, 9.17) is 9.15 Å². The fraction of sp³-hybridized carbons (Fsp3) is 0.0870. The van der Waals surface area contributed by atoms with Crippen LogP contribution in [0.15, 0.2) is 89.3 Å². The fourth-order valence-electron chi connectivity index (χ4n) is 2.94. The highest BCUT2D eigenvalue weighted by Gasteiger charge is 2.24. The second kappa shape index (κ2) is 8.39. The van der Waals surface area contributed by atoms with Gasteiger partial charge in [-0.3, -0.25) is 4.79 Å². The summed E-state index contributed by atoms with van der Waals surface area (Å²) in [7, 11) is 1.58. The Balaban J connectivity index is 1.64. The van der Waals surface area contributed by atoms with Crippen molar-refractivity contribution in [2.45, 2.75) is 6.04 Å². The molecule has 3 aromatic carbocycles. The third-order valence-corrected chi connectivity index (χ3v) is 4.47. The minimum absolute atomic E-state index is 0.249. The molecule has 1 heterocycles. The molecule has 0 aliphatic carbocycles. The number of nitrogens with zero attached hydrogens (tertiary/aromatic N) is 2. The lowest BCUT2D eigenvalue weighted by molar-refractivity contribution is 0.0938. The van der Waals surface area contributed by atoms with Gasteiger partial charge < -0.3 is 14.5 Å². The minimum atomic E-state index is -0.573. The van der Waals surface area contributed by atoms with Crippen LogP contribution in [-0.4, -0.2) is 23.2 Å². The highest BCUT2D eigenvalue weighted by molar-refractivity contribution is 5.94. The van der Waals surface area contributed by atoms with E-state index < -0.39 is 6.04 Å². The van der Waals surface area contributed by atoms with Crippen molar-refractivity contribution in [3.8, 4) is 17.2 Å². The predicted octanol–water partition coefficient (Wildman–Crippen LogP) is 4.26. The van der Waals surface area contributed by atoms with Gasteiger partial charge in [0.05, 0.1) is 7.11 Å². The van der Waals surface area contributed by atoms with Crippen molar-refractivity contribution in [1.29, 1.82) is 0 Å². The molecule has 0 bridgehead atoms. The van der Waals surface area contributed by atoms with Gasteiger partial charge in [-0.2, -0.15) is 0 Å². The molecule has 29 heavy (non-hydrogen) atoms. The van der Waals surface area contributed by atoms with E-state index in [1.165, 1.54) is 0 Å². The molecule has 1 N–H and O–H groups in total. The van der Waals surface area contributed by atoms with Crippen molar-refractivity contribution < 1.29 is 13.9 Å². The van der Waals surface area contributed by atoms with Crippen LogP contribution in [-0.2, 0) is 0 Å². The third-order valence-electron chi connectivity index (χ3n) is 4.47. The number of amides is 1. The Labute approximate surface area is 168 Å². The first-order chi connectivity index (χ1) is 14.2. The maximum absolute atomic E-state index is 12.8. The topological polar surface area (TPSA) is 77.2 Å². The molecule has 4 aromatic rings. The van der Waals surface area contributed by atoms with Gasteiger partial charge in [0.2, 0.25) is 11.8 Å². The molecule has 0 saturated carbocycles. The molecule has 0 unspecified atom stereocenters. The number of ether oxygens (including phenoxy) is 1. The van der Waals surface area contributed by atoms with Gasteiger partial charge in [-0.1, -0.05) is 48.5 Å².